The molecule has 0 aliphatic rings. The van der Waals surface area contributed by atoms with E-state index in [4.69, 9.17) is 0 Å². The third-order valence-electron chi connectivity index (χ3n) is 2.56. The van der Waals surface area contributed by atoms with Crippen molar-refractivity contribution in [2.45, 2.75) is 32.9 Å². The van der Waals surface area contributed by atoms with Crippen molar-refractivity contribution in [3.63, 3.8) is 0 Å². The zero-order valence-corrected chi connectivity index (χ0v) is 12.1. The van der Waals surface area contributed by atoms with Crippen molar-refractivity contribution in [2.24, 2.45) is 0 Å². The van der Waals surface area contributed by atoms with Crippen molar-refractivity contribution in [1.29, 1.82) is 0 Å². The summed E-state index contributed by atoms with van der Waals surface area (Å²) in [6.07, 6.45) is 2.12. The summed E-state index contributed by atoms with van der Waals surface area (Å²) < 4.78 is 0. The highest BCUT2D eigenvalue weighted by Crippen LogP contribution is 2.20. The number of nitrogens with one attached hydrogen (secondary N) is 2. The molecular weight excluding hydrogens is 232 g/mol. The number of nitrogens with zero attached hydrogens (tertiary/aromatic N) is 2. The summed E-state index contributed by atoms with van der Waals surface area (Å²) in [7, 11) is 0. The van der Waals surface area contributed by atoms with E-state index < -0.39 is 0 Å². The summed E-state index contributed by atoms with van der Waals surface area (Å²) in [5.41, 5.74) is 1.09. The van der Waals surface area contributed by atoms with Crippen LogP contribution >= 0.6 is 11.8 Å². The second kappa shape index (κ2) is 6.69. The molecule has 5 heteroatoms. The van der Waals surface area contributed by atoms with E-state index in [1.54, 1.807) is 0 Å². The van der Waals surface area contributed by atoms with Gasteiger partial charge in [0, 0.05) is 23.9 Å². The van der Waals surface area contributed by atoms with Crippen LogP contribution in [0, 0.1) is 13.8 Å². The van der Waals surface area contributed by atoms with Crippen LogP contribution in [0.15, 0.2) is 0 Å². The van der Waals surface area contributed by atoms with Crippen LogP contribution < -0.4 is 10.6 Å². The van der Waals surface area contributed by atoms with Gasteiger partial charge in [-0.05, 0) is 27.0 Å². The topological polar surface area (TPSA) is 49.8 Å². The summed E-state index contributed by atoms with van der Waals surface area (Å²) in [4.78, 5) is 8.85. The number of aromatic nitrogens is 2. The predicted octanol–water partition coefficient (Wildman–Crippen LogP) is 2.69. The first kappa shape index (κ1) is 14.1. The normalized spacial score (nSPS) is 12.3. The van der Waals surface area contributed by atoms with Crippen LogP contribution in [0.4, 0.5) is 11.6 Å². The van der Waals surface area contributed by atoms with E-state index >= 15 is 0 Å². The molecule has 0 amide bonds. The van der Waals surface area contributed by atoms with Crippen LogP contribution in [0.25, 0.3) is 0 Å². The second-order valence-corrected chi connectivity index (χ2v) is 5.33. The van der Waals surface area contributed by atoms with E-state index in [1.807, 2.05) is 25.6 Å². The molecule has 1 rings (SSSR count). The molecule has 0 bridgehead atoms. The molecule has 96 valence electrons. The van der Waals surface area contributed by atoms with Gasteiger partial charge in [0.1, 0.15) is 17.5 Å². The van der Waals surface area contributed by atoms with Crippen LogP contribution in [-0.4, -0.2) is 34.6 Å². The average molecular weight is 254 g/mol. The van der Waals surface area contributed by atoms with Crippen molar-refractivity contribution >= 4 is 23.4 Å². The molecule has 0 radical (unpaired) electrons. The van der Waals surface area contributed by atoms with Gasteiger partial charge in [0.2, 0.25) is 0 Å². The van der Waals surface area contributed by atoms with Gasteiger partial charge in [0.05, 0.1) is 0 Å². The molecule has 1 unspecified atom stereocenters. The largest absolute Gasteiger partial charge is 0.370 e. The maximum Gasteiger partial charge on any atom is 0.134 e. The Balaban J connectivity index is 2.83. The maximum absolute atomic E-state index is 4.45. The number of aryl methyl sites for hydroxylation is 1. The number of rotatable bonds is 6. The highest BCUT2D eigenvalue weighted by molar-refractivity contribution is 7.99. The van der Waals surface area contributed by atoms with E-state index in [9.17, 15) is 0 Å². The number of hydrogen-bond donors (Lipinski definition) is 2. The monoisotopic (exact) mass is 254 g/mol. The molecular formula is C12H22N4S. The smallest absolute Gasteiger partial charge is 0.134 e. The Kier molecular flexibility index (Phi) is 5.55. The molecule has 1 aromatic rings. The predicted molar refractivity (Wildman–Crippen MR) is 77.1 cm³/mol. The van der Waals surface area contributed by atoms with E-state index in [-0.39, 0.29) is 0 Å². The Morgan fingerprint density at radius 3 is 2.29 bits per heavy atom. The van der Waals surface area contributed by atoms with Crippen LogP contribution in [0.3, 0.4) is 0 Å². The van der Waals surface area contributed by atoms with E-state index in [2.05, 4.69) is 40.7 Å². The fourth-order valence-electron chi connectivity index (χ4n) is 1.46. The molecule has 2 N–H and O–H groups in total. The number of hydrogen-bond acceptors (Lipinski definition) is 5. The zero-order chi connectivity index (χ0) is 12.8. The fourth-order valence-corrected chi connectivity index (χ4v) is 1.71. The standard InChI is InChI=1S/C12H22N4S/c1-6-13-11-9(3)12(16-10(4)15-11)14-7-8(2)17-5/h8H,6-7H2,1-5H3,(H2,13,14,15,16). The minimum Gasteiger partial charge on any atom is -0.370 e. The summed E-state index contributed by atoms with van der Waals surface area (Å²) >= 11 is 1.85. The lowest BCUT2D eigenvalue weighted by Crippen LogP contribution is -2.16. The van der Waals surface area contributed by atoms with E-state index in [1.165, 1.54) is 0 Å². The molecule has 1 aromatic heterocycles. The van der Waals surface area contributed by atoms with Gasteiger partial charge in [-0.2, -0.15) is 11.8 Å². The van der Waals surface area contributed by atoms with Gasteiger partial charge in [0.15, 0.2) is 0 Å². The highest BCUT2D eigenvalue weighted by atomic mass is 32.2. The maximum atomic E-state index is 4.45. The van der Waals surface area contributed by atoms with Crippen LogP contribution in [0.1, 0.15) is 25.2 Å². The van der Waals surface area contributed by atoms with Gasteiger partial charge >= 0.3 is 0 Å². The molecule has 17 heavy (non-hydrogen) atoms. The van der Waals surface area contributed by atoms with Gasteiger partial charge in [-0.3, -0.25) is 0 Å². The van der Waals surface area contributed by atoms with Crippen molar-refractivity contribution in [1.82, 2.24) is 9.97 Å². The van der Waals surface area contributed by atoms with Crippen molar-refractivity contribution in [2.75, 3.05) is 30.0 Å². The molecule has 0 saturated carbocycles. The SMILES string of the molecule is CCNc1nc(C)nc(NCC(C)SC)c1C. The molecule has 0 saturated heterocycles. The second-order valence-electron chi connectivity index (χ2n) is 4.05. The zero-order valence-electron chi connectivity index (χ0n) is 11.3. The number of anilines is 2. The molecule has 1 atom stereocenters. The minimum absolute atomic E-state index is 0.576. The molecule has 0 fully saturated rings. The van der Waals surface area contributed by atoms with Gasteiger partial charge < -0.3 is 10.6 Å². The molecule has 0 aromatic carbocycles. The summed E-state index contributed by atoms with van der Waals surface area (Å²) in [5, 5.41) is 7.23. The quantitative estimate of drug-likeness (QED) is 0.817. The summed E-state index contributed by atoms with van der Waals surface area (Å²) in [6.45, 7) is 10.0. The van der Waals surface area contributed by atoms with E-state index in [0.717, 1.165) is 36.1 Å². The first-order valence-corrected chi connectivity index (χ1v) is 7.23. The Bertz CT molecular complexity index is 368. The Morgan fingerprint density at radius 2 is 1.76 bits per heavy atom. The highest BCUT2D eigenvalue weighted by Gasteiger charge is 2.09. The molecule has 1 heterocycles. The van der Waals surface area contributed by atoms with Crippen LogP contribution in [0.5, 0.6) is 0 Å². The van der Waals surface area contributed by atoms with Gasteiger partial charge in [-0.15, -0.1) is 0 Å². The molecule has 0 aliphatic heterocycles. The molecule has 4 nitrogen and oxygen atoms in total. The first-order valence-electron chi connectivity index (χ1n) is 5.94. The van der Waals surface area contributed by atoms with Crippen LogP contribution in [0.2, 0.25) is 0 Å². The molecule has 0 spiro atoms. The fraction of sp³-hybridized carbons (Fsp3) is 0.667. The van der Waals surface area contributed by atoms with E-state index in [0.29, 0.717) is 5.25 Å². The number of thioether (sulfide) groups is 1. The first-order chi connectivity index (χ1) is 8.08. The lowest BCUT2D eigenvalue weighted by Gasteiger charge is -2.15. The summed E-state index contributed by atoms with van der Waals surface area (Å²) in [5.74, 6) is 2.67. The van der Waals surface area contributed by atoms with Crippen molar-refractivity contribution < 1.29 is 0 Å². The van der Waals surface area contributed by atoms with Crippen molar-refractivity contribution in [3.05, 3.63) is 11.4 Å². The Morgan fingerprint density at radius 1 is 1.18 bits per heavy atom. The summed E-state index contributed by atoms with van der Waals surface area (Å²) in [6, 6.07) is 0. The Hall–Kier alpha value is -0.970. The Labute approximate surface area is 108 Å². The third-order valence-corrected chi connectivity index (χ3v) is 3.53. The van der Waals surface area contributed by atoms with Crippen molar-refractivity contribution in [3.8, 4) is 0 Å². The third kappa shape index (κ3) is 4.07. The lowest BCUT2D eigenvalue weighted by atomic mass is 10.3. The average Bonchev–Trinajstić information content (AvgIpc) is 2.31. The van der Waals surface area contributed by atoms with Gasteiger partial charge in [-0.1, -0.05) is 6.92 Å². The van der Waals surface area contributed by atoms with Gasteiger partial charge in [-0.25, -0.2) is 9.97 Å². The lowest BCUT2D eigenvalue weighted by molar-refractivity contribution is 0.958. The van der Waals surface area contributed by atoms with Gasteiger partial charge in [0.25, 0.3) is 0 Å². The minimum atomic E-state index is 0.576. The molecule has 0 aliphatic carbocycles. The van der Waals surface area contributed by atoms with Crippen LogP contribution in [-0.2, 0) is 0 Å².